The summed E-state index contributed by atoms with van der Waals surface area (Å²) in [5.74, 6) is -1.01. The van der Waals surface area contributed by atoms with E-state index < -0.39 is 11.9 Å². The maximum Gasteiger partial charge on any atom is 0.358 e. The van der Waals surface area contributed by atoms with Gasteiger partial charge in [0.1, 0.15) is 5.01 Å². The third kappa shape index (κ3) is 4.51. The van der Waals surface area contributed by atoms with Gasteiger partial charge in [0.2, 0.25) is 0 Å². The summed E-state index contributed by atoms with van der Waals surface area (Å²) < 4.78 is 5.03. The van der Waals surface area contributed by atoms with E-state index >= 15 is 0 Å². The first-order valence-corrected chi connectivity index (χ1v) is 8.54. The number of aryl methyl sites for hydroxylation is 1. The minimum Gasteiger partial charge on any atom is -0.451 e. The molecule has 6 heteroatoms. The first kappa shape index (κ1) is 16.9. The van der Waals surface area contributed by atoms with Crippen molar-refractivity contribution < 1.29 is 14.3 Å². The Bertz CT molecular complexity index is 873. The number of rotatable bonds is 5. The molecule has 0 saturated carbocycles. The van der Waals surface area contributed by atoms with Crippen LogP contribution in [-0.4, -0.2) is 23.5 Å². The maximum atomic E-state index is 12.0. The fraction of sp³-hybridized carbons (Fsp3) is 0.105. The normalized spacial score (nSPS) is 10.3. The summed E-state index contributed by atoms with van der Waals surface area (Å²) in [7, 11) is 0. The standard InChI is InChI=1S/C19H16N2O3S/c1-13-7-9-15(10-8-13)20-17(22)11-24-19(23)16-12-25-18(21-16)14-5-3-2-4-6-14/h2-10,12H,11H2,1H3,(H,20,22). The Kier molecular flexibility index (Phi) is 5.20. The van der Waals surface area contributed by atoms with E-state index in [1.54, 1.807) is 17.5 Å². The molecule has 0 unspecified atom stereocenters. The van der Waals surface area contributed by atoms with Crippen LogP contribution in [0.15, 0.2) is 60.0 Å². The van der Waals surface area contributed by atoms with Gasteiger partial charge < -0.3 is 10.1 Å². The summed E-state index contributed by atoms with van der Waals surface area (Å²) in [4.78, 5) is 28.2. The molecule has 3 aromatic rings. The van der Waals surface area contributed by atoms with Crippen molar-refractivity contribution in [1.82, 2.24) is 4.98 Å². The third-order valence-corrected chi connectivity index (χ3v) is 4.30. The average Bonchev–Trinajstić information content (AvgIpc) is 3.13. The Hall–Kier alpha value is -2.99. The van der Waals surface area contributed by atoms with Crippen molar-refractivity contribution in [3.8, 4) is 10.6 Å². The van der Waals surface area contributed by atoms with Crippen LogP contribution in [0.4, 0.5) is 5.69 Å². The van der Waals surface area contributed by atoms with Crippen LogP contribution in [-0.2, 0) is 9.53 Å². The van der Waals surface area contributed by atoms with E-state index in [1.165, 1.54) is 11.3 Å². The lowest BCUT2D eigenvalue weighted by molar-refractivity contribution is -0.119. The molecule has 0 aliphatic heterocycles. The zero-order chi connectivity index (χ0) is 17.6. The Balaban J connectivity index is 1.55. The van der Waals surface area contributed by atoms with Gasteiger partial charge in [-0.2, -0.15) is 0 Å². The summed E-state index contributed by atoms with van der Waals surface area (Å²) in [6.07, 6.45) is 0. The highest BCUT2D eigenvalue weighted by atomic mass is 32.1. The van der Waals surface area contributed by atoms with E-state index in [-0.39, 0.29) is 12.3 Å². The number of hydrogen-bond donors (Lipinski definition) is 1. The minimum absolute atomic E-state index is 0.201. The monoisotopic (exact) mass is 352 g/mol. The predicted octanol–water partition coefficient (Wildman–Crippen LogP) is 3.91. The van der Waals surface area contributed by atoms with Crippen molar-refractivity contribution >= 4 is 28.9 Å². The summed E-state index contributed by atoms with van der Waals surface area (Å²) in [6.45, 7) is 1.61. The second-order valence-corrected chi connectivity index (χ2v) is 6.25. The van der Waals surface area contributed by atoms with Crippen LogP contribution in [0.2, 0.25) is 0 Å². The topological polar surface area (TPSA) is 68.3 Å². The number of carbonyl (C=O) groups is 2. The van der Waals surface area contributed by atoms with Gasteiger partial charge in [-0.25, -0.2) is 9.78 Å². The van der Waals surface area contributed by atoms with Crippen molar-refractivity contribution in [3.63, 3.8) is 0 Å². The number of ether oxygens (including phenoxy) is 1. The zero-order valence-electron chi connectivity index (χ0n) is 13.6. The lowest BCUT2D eigenvalue weighted by atomic mass is 10.2. The molecular weight excluding hydrogens is 336 g/mol. The fourth-order valence-corrected chi connectivity index (χ4v) is 2.92. The van der Waals surface area contributed by atoms with Gasteiger partial charge in [0, 0.05) is 16.6 Å². The number of aromatic nitrogens is 1. The number of hydrogen-bond acceptors (Lipinski definition) is 5. The van der Waals surface area contributed by atoms with Crippen molar-refractivity contribution in [2.75, 3.05) is 11.9 Å². The Morgan fingerprint density at radius 3 is 2.52 bits per heavy atom. The number of esters is 1. The van der Waals surface area contributed by atoms with Crippen LogP contribution >= 0.6 is 11.3 Å². The fourth-order valence-electron chi connectivity index (χ4n) is 2.12. The van der Waals surface area contributed by atoms with E-state index in [0.29, 0.717) is 5.69 Å². The molecule has 0 atom stereocenters. The van der Waals surface area contributed by atoms with Gasteiger partial charge in [-0.15, -0.1) is 11.3 Å². The molecule has 1 N–H and O–H groups in total. The number of nitrogens with one attached hydrogen (secondary N) is 1. The molecule has 0 aliphatic rings. The van der Waals surface area contributed by atoms with Gasteiger partial charge >= 0.3 is 5.97 Å². The molecule has 0 bridgehead atoms. The molecule has 3 rings (SSSR count). The molecule has 126 valence electrons. The molecular formula is C19H16N2O3S. The first-order chi connectivity index (χ1) is 12.1. The highest BCUT2D eigenvalue weighted by molar-refractivity contribution is 7.13. The number of thiazole rings is 1. The van der Waals surface area contributed by atoms with Crippen LogP contribution in [0.1, 0.15) is 16.1 Å². The lowest BCUT2D eigenvalue weighted by Gasteiger charge is -2.06. The SMILES string of the molecule is Cc1ccc(NC(=O)COC(=O)c2csc(-c3ccccc3)n2)cc1. The minimum atomic E-state index is -0.613. The first-order valence-electron chi connectivity index (χ1n) is 7.66. The molecule has 0 spiro atoms. The maximum absolute atomic E-state index is 12.0. The van der Waals surface area contributed by atoms with Gasteiger partial charge in [-0.1, -0.05) is 48.0 Å². The van der Waals surface area contributed by atoms with E-state index in [1.807, 2.05) is 49.4 Å². The Morgan fingerprint density at radius 1 is 1.08 bits per heavy atom. The highest BCUT2D eigenvalue weighted by Crippen LogP contribution is 2.23. The molecule has 2 aromatic carbocycles. The van der Waals surface area contributed by atoms with Gasteiger partial charge in [0.05, 0.1) is 0 Å². The molecule has 25 heavy (non-hydrogen) atoms. The van der Waals surface area contributed by atoms with Gasteiger partial charge in [0.25, 0.3) is 5.91 Å². The quantitative estimate of drug-likeness (QED) is 0.707. The molecule has 0 aliphatic carbocycles. The molecule has 5 nitrogen and oxygen atoms in total. The summed E-state index contributed by atoms with van der Waals surface area (Å²) in [5.41, 5.74) is 2.89. The van der Waals surface area contributed by atoms with Crippen LogP contribution in [0, 0.1) is 6.92 Å². The van der Waals surface area contributed by atoms with Crippen molar-refractivity contribution in [2.24, 2.45) is 0 Å². The average molecular weight is 352 g/mol. The predicted molar refractivity (Wildman–Crippen MR) is 97.6 cm³/mol. The molecule has 0 fully saturated rings. The number of benzene rings is 2. The number of amides is 1. The number of carbonyl (C=O) groups excluding carboxylic acids is 2. The van der Waals surface area contributed by atoms with E-state index in [0.717, 1.165) is 16.1 Å². The van der Waals surface area contributed by atoms with Crippen molar-refractivity contribution in [2.45, 2.75) is 6.92 Å². The van der Waals surface area contributed by atoms with Crippen LogP contribution in [0.3, 0.4) is 0 Å². The number of anilines is 1. The molecule has 0 radical (unpaired) electrons. The Morgan fingerprint density at radius 2 is 1.80 bits per heavy atom. The summed E-state index contributed by atoms with van der Waals surface area (Å²) >= 11 is 1.36. The second-order valence-electron chi connectivity index (χ2n) is 5.39. The summed E-state index contributed by atoms with van der Waals surface area (Å²) in [6, 6.07) is 16.9. The van der Waals surface area contributed by atoms with Crippen molar-refractivity contribution in [3.05, 3.63) is 71.2 Å². The van der Waals surface area contributed by atoms with E-state index in [4.69, 9.17) is 4.74 Å². The molecule has 1 aromatic heterocycles. The Labute approximate surface area is 149 Å². The van der Waals surface area contributed by atoms with Gasteiger partial charge in [-0.05, 0) is 19.1 Å². The van der Waals surface area contributed by atoms with Crippen LogP contribution < -0.4 is 5.32 Å². The lowest BCUT2D eigenvalue weighted by Crippen LogP contribution is -2.21. The van der Waals surface area contributed by atoms with Crippen molar-refractivity contribution in [1.29, 1.82) is 0 Å². The van der Waals surface area contributed by atoms with Gasteiger partial charge in [-0.3, -0.25) is 4.79 Å². The molecule has 1 amide bonds. The van der Waals surface area contributed by atoms with E-state index in [9.17, 15) is 9.59 Å². The smallest absolute Gasteiger partial charge is 0.358 e. The third-order valence-electron chi connectivity index (χ3n) is 3.40. The summed E-state index contributed by atoms with van der Waals surface area (Å²) in [5, 5.41) is 5.03. The van der Waals surface area contributed by atoms with E-state index in [2.05, 4.69) is 10.3 Å². The van der Waals surface area contributed by atoms with Crippen LogP contribution in [0.5, 0.6) is 0 Å². The molecule has 0 saturated heterocycles. The zero-order valence-corrected chi connectivity index (χ0v) is 14.4. The number of nitrogens with zero attached hydrogens (tertiary/aromatic N) is 1. The van der Waals surface area contributed by atoms with Crippen LogP contribution in [0.25, 0.3) is 10.6 Å². The second kappa shape index (κ2) is 7.72. The highest BCUT2D eigenvalue weighted by Gasteiger charge is 2.15. The molecule has 1 heterocycles. The largest absolute Gasteiger partial charge is 0.451 e. The van der Waals surface area contributed by atoms with Gasteiger partial charge in [0.15, 0.2) is 12.3 Å².